The fraction of sp³-hybridized carbons (Fsp3) is 0.812. The van der Waals surface area contributed by atoms with Gasteiger partial charge in [0.2, 0.25) is 0 Å². The van der Waals surface area contributed by atoms with Crippen LogP contribution in [0, 0.1) is 0 Å². The highest BCUT2D eigenvalue weighted by Gasteiger charge is 2.32. The van der Waals surface area contributed by atoms with Gasteiger partial charge in [0, 0.05) is 32.3 Å². The molecule has 0 bridgehead atoms. The fourth-order valence-electron chi connectivity index (χ4n) is 2.50. The number of aromatic nitrogens is 2. The van der Waals surface area contributed by atoms with E-state index in [1.807, 2.05) is 18.8 Å². The van der Waals surface area contributed by atoms with E-state index in [4.69, 9.17) is 4.74 Å². The van der Waals surface area contributed by atoms with E-state index in [9.17, 15) is 0 Å². The summed E-state index contributed by atoms with van der Waals surface area (Å²) in [6.07, 6.45) is 4.05. The fourth-order valence-corrected chi connectivity index (χ4v) is 2.50. The van der Waals surface area contributed by atoms with Crippen molar-refractivity contribution in [2.24, 2.45) is 7.05 Å². The Morgan fingerprint density at radius 3 is 2.55 bits per heavy atom. The van der Waals surface area contributed by atoms with Crippen molar-refractivity contribution in [2.45, 2.75) is 65.0 Å². The van der Waals surface area contributed by atoms with E-state index in [2.05, 4.69) is 44.2 Å². The average Bonchev–Trinajstić information content (AvgIpc) is 2.82. The van der Waals surface area contributed by atoms with Crippen LogP contribution in [0.3, 0.4) is 0 Å². The highest BCUT2D eigenvalue weighted by atomic mass is 16.5. The first kappa shape index (κ1) is 17.2. The van der Waals surface area contributed by atoms with Gasteiger partial charge in [-0.1, -0.05) is 20.8 Å². The van der Waals surface area contributed by atoms with Gasteiger partial charge in [-0.05, 0) is 38.8 Å². The summed E-state index contributed by atoms with van der Waals surface area (Å²) in [6, 6.07) is 2.52. The molecular formula is C16H31N3O. The monoisotopic (exact) mass is 281 g/mol. The summed E-state index contributed by atoms with van der Waals surface area (Å²) in [5, 5.41) is 8.19. The number of rotatable bonds is 9. The first-order chi connectivity index (χ1) is 9.50. The number of ether oxygens (including phenoxy) is 1. The number of aryl methyl sites for hydroxylation is 2. The molecule has 4 nitrogen and oxygen atoms in total. The standard InChI is InChI=1S/C16H31N3O/c1-7-10-17-15(16(4,9-3)20-6)12-14-11-13(8-2)18-19(14)5/h11,15,17H,7-10,12H2,1-6H3. The highest BCUT2D eigenvalue weighted by molar-refractivity contribution is 5.13. The molecule has 116 valence electrons. The summed E-state index contributed by atoms with van der Waals surface area (Å²) < 4.78 is 7.80. The number of methoxy groups -OCH3 is 1. The number of hydrogen-bond acceptors (Lipinski definition) is 3. The molecule has 0 aliphatic rings. The maximum atomic E-state index is 5.80. The molecular weight excluding hydrogens is 250 g/mol. The van der Waals surface area contributed by atoms with Crippen molar-refractivity contribution in [1.82, 2.24) is 15.1 Å². The molecule has 1 heterocycles. The number of nitrogens with zero attached hydrogens (tertiary/aromatic N) is 2. The zero-order chi connectivity index (χ0) is 15.2. The lowest BCUT2D eigenvalue weighted by molar-refractivity contribution is -0.0291. The van der Waals surface area contributed by atoms with E-state index in [1.54, 1.807) is 0 Å². The van der Waals surface area contributed by atoms with Crippen LogP contribution in [0.4, 0.5) is 0 Å². The van der Waals surface area contributed by atoms with Crippen LogP contribution in [0.5, 0.6) is 0 Å². The number of hydrogen-bond donors (Lipinski definition) is 1. The van der Waals surface area contributed by atoms with Crippen LogP contribution in [0.2, 0.25) is 0 Å². The molecule has 1 aromatic rings. The van der Waals surface area contributed by atoms with E-state index in [0.29, 0.717) is 6.04 Å². The van der Waals surface area contributed by atoms with E-state index < -0.39 is 0 Å². The largest absolute Gasteiger partial charge is 0.377 e. The lowest BCUT2D eigenvalue weighted by Gasteiger charge is -2.36. The molecule has 1 aromatic heterocycles. The minimum Gasteiger partial charge on any atom is -0.377 e. The van der Waals surface area contributed by atoms with Gasteiger partial charge >= 0.3 is 0 Å². The Kier molecular flexibility index (Phi) is 6.69. The molecule has 0 saturated carbocycles. The Labute approximate surface area is 123 Å². The van der Waals surface area contributed by atoms with Crippen LogP contribution in [0.25, 0.3) is 0 Å². The minimum absolute atomic E-state index is 0.147. The first-order valence-corrected chi connectivity index (χ1v) is 7.81. The molecule has 0 saturated heterocycles. The van der Waals surface area contributed by atoms with Gasteiger partial charge in [0.1, 0.15) is 0 Å². The van der Waals surface area contributed by atoms with E-state index in [-0.39, 0.29) is 5.60 Å². The quantitative estimate of drug-likeness (QED) is 0.756. The highest BCUT2D eigenvalue weighted by Crippen LogP contribution is 2.23. The molecule has 2 unspecified atom stereocenters. The van der Waals surface area contributed by atoms with Crippen molar-refractivity contribution in [3.63, 3.8) is 0 Å². The van der Waals surface area contributed by atoms with Crippen molar-refractivity contribution < 1.29 is 4.74 Å². The molecule has 0 radical (unpaired) electrons. The van der Waals surface area contributed by atoms with E-state index in [1.165, 1.54) is 5.69 Å². The van der Waals surface area contributed by atoms with E-state index >= 15 is 0 Å². The van der Waals surface area contributed by atoms with Crippen LogP contribution in [0.1, 0.15) is 51.9 Å². The van der Waals surface area contributed by atoms with Gasteiger partial charge < -0.3 is 10.1 Å². The maximum absolute atomic E-state index is 5.80. The number of nitrogens with one attached hydrogen (secondary N) is 1. The third kappa shape index (κ3) is 4.06. The minimum atomic E-state index is -0.147. The van der Waals surface area contributed by atoms with Crippen LogP contribution in [0.15, 0.2) is 6.07 Å². The molecule has 1 rings (SSSR count). The zero-order valence-electron chi connectivity index (χ0n) is 14.0. The first-order valence-electron chi connectivity index (χ1n) is 7.81. The Bertz CT molecular complexity index is 396. The second-order valence-corrected chi connectivity index (χ2v) is 5.69. The Balaban J connectivity index is 2.90. The molecule has 4 heteroatoms. The average molecular weight is 281 g/mol. The summed E-state index contributed by atoms with van der Waals surface area (Å²) in [5.41, 5.74) is 2.28. The molecule has 2 atom stereocenters. The van der Waals surface area contributed by atoms with E-state index in [0.717, 1.165) is 37.9 Å². The third-order valence-corrected chi connectivity index (χ3v) is 4.35. The molecule has 0 aromatic carbocycles. The van der Waals surface area contributed by atoms with Crippen molar-refractivity contribution in [2.75, 3.05) is 13.7 Å². The van der Waals surface area contributed by atoms with Crippen LogP contribution < -0.4 is 5.32 Å². The topological polar surface area (TPSA) is 39.1 Å². The zero-order valence-corrected chi connectivity index (χ0v) is 14.0. The van der Waals surface area contributed by atoms with Gasteiger partial charge in [0.15, 0.2) is 0 Å². The Morgan fingerprint density at radius 1 is 1.40 bits per heavy atom. The van der Waals surface area contributed by atoms with Gasteiger partial charge in [-0.3, -0.25) is 4.68 Å². The molecule has 0 aliphatic carbocycles. The van der Waals surface area contributed by atoms with Gasteiger partial charge in [0.25, 0.3) is 0 Å². The molecule has 0 fully saturated rings. The predicted molar refractivity (Wildman–Crippen MR) is 84.1 cm³/mol. The maximum Gasteiger partial charge on any atom is 0.0804 e. The van der Waals surface area contributed by atoms with Crippen molar-refractivity contribution in [3.8, 4) is 0 Å². The third-order valence-electron chi connectivity index (χ3n) is 4.35. The van der Waals surface area contributed by atoms with Gasteiger partial charge in [-0.25, -0.2) is 0 Å². The van der Waals surface area contributed by atoms with Gasteiger partial charge in [0.05, 0.1) is 11.3 Å². The predicted octanol–water partition coefficient (Wildman–Crippen LogP) is 2.71. The van der Waals surface area contributed by atoms with Crippen LogP contribution >= 0.6 is 0 Å². The van der Waals surface area contributed by atoms with Crippen molar-refractivity contribution in [1.29, 1.82) is 0 Å². The smallest absolute Gasteiger partial charge is 0.0804 e. The summed E-state index contributed by atoms with van der Waals surface area (Å²) in [4.78, 5) is 0. The van der Waals surface area contributed by atoms with Gasteiger partial charge in [-0.2, -0.15) is 5.10 Å². The van der Waals surface area contributed by atoms with Crippen molar-refractivity contribution >= 4 is 0 Å². The lowest BCUT2D eigenvalue weighted by atomic mass is 9.89. The lowest BCUT2D eigenvalue weighted by Crippen LogP contribution is -2.51. The molecule has 0 spiro atoms. The summed E-state index contributed by atoms with van der Waals surface area (Å²) in [5.74, 6) is 0. The molecule has 1 N–H and O–H groups in total. The van der Waals surface area contributed by atoms with Gasteiger partial charge in [-0.15, -0.1) is 0 Å². The van der Waals surface area contributed by atoms with Crippen LogP contribution in [-0.4, -0.2) is 35.1 Å². The normalized spacial score (nSPS) is 16.1. The summed E-state index contributed by atoms with van der Waals surface area (Å²) in [6.45, 7) is 9.73. The second-order valence-electron chi connectivity index (χ2n) is 5.69. The van der Waals surface area contributed by atoms with Crippen LogP contribution in [-0.2, 0) is 24.6 Å². The molecule has 0 amide bonds. The summed E-state index contributed by atoms with van der Waals surface area (Å²) >= 11 is 0. The van der Waals surface area contributed by atoms with Crippen molar-refractivity contribution in [3.05, 3.63) is 17.5 Å². The molecule has 0 aliphatic heterocycles. The SMILES string of the molecule is CCCNC(Cc1cc(CC)nn1C)C(C)(CC)OC. The molecule has 20 heavy (non-hydrogen) atoms. The summed E-state index contributed by atoms with van der Waals surface area (Å²) in [7, 11) is 3.84. The second kappa shape index (κ2) is 7.79. The Hall–Kier alpha value is -0.870. The Morgan fingerprint density at radius 2 is 2.10 bits per heavy atom.